The highest BCUT2D eigenvalue weighted by atomic mass is 35.5. The van der Waals surface area contributed by atoms with Crippen LogP contribution in [0.15, 0.2) is 181 Å². The molecule has 6 N–H and O–H groups in total. The Morgan fingerprint density at radius 2 is 0.748 bits per heavy atom. The number of aliphatic carboxylic acids is 3. The molecule has 0 unspecified atom stereocenters. The van der Waals surface area contributed by atoms with E-state index < -0.39 is 17.9 Å². The number of fused-ring (bicyclic) bond motifs is 10. The van der Waals surface area contributed by atoms with E-state index in [1.165, 1.54) is 39.5 Å². The lowest BCUT2D eigenvalue weighted by molar-refractivity contribution is -0.138. The second-order valence-electron chi connectivity index (χ2n) is 32.5. The van der Waals surface area contributed by atoms with Crippen LogP contribution in [0.4, 0.5) is 28.4 Å². The Labute approximate surface area is 780 Å². The fourth-order valence-corrected chi connectivity index (χ4v) is 18.5. The lowest BCUT2D eigenvalue weighted by atomic mass is 9.93. The van der Waals surface area contributed by atoms with Crippen LogP contribution in [0.5, 0.6) is 11.5 Å². The number of hydrogen-bond acceptors (Lipinski definition) is 20. The Balaban J connectivity index is 0.000000148. The minimum absolute atomic E-state index is 0.0101. The summed E-state index contributed by atoms with van der Waals surface area (Å²) in [6.07, 6.45) is 5.11. The number of nitrogens with zero attached hydrogens (tertiary/aromatic N) is 8. The summed E-state index contributed by atoms with van der Waals surface area (Å²) in [7, 11) is 11.7. The number of benzene rings is 10. The maximum absolute atomic E-state index is 13.2. The first-order chi connectivity index (χ1) is 62.3. The number of pyridine rings is 5. The van der Waals surface area contributed by atoms with Crippen LogP contribution in [0, 0.1) is 25.2 Å². The van der Waals surface area contributed by atoms with Crippen molar-refractivity contribution >= 4 is 237 Å². The summed E-state index contributed by atoms with van der Waals surface area (Å²) in [5.41, 5.74) is 10.7. The monoisotopic (exact) mass is 1890 g/mol. The number of carboxylic acid groups (broad SMARTS) is 3. The summed E-state index contributed by atoms with van der Waals surface area (Å²) >= 11 is 33.0. The first-order valence-corrected chi connectivity index (χ1v) is 44.6. The normalized spacial score (nSPS) is 11.8. The third kappa shape index (κ3) is 20.5. The number of nitriles is 1. The summed E-state index contributed by atoms with van der Waals surface area (Å²) in [5.74, 6) is -2.60. The highest BCUT2D eigenvalue weighted by Gasteiger charge is 2.27. The summed E-state index contributed by atoms with van der Waals surface area (Å²) in [5, 5.41) is 54.3. The number of aromatic nitrogens is 5. The number of anilines is 5. The van der Waals surface area contributed by atoms with E-state index in [0.29, 0.717) is 168 Å². The van der Waals surface area contributed by atoms with Crippen LogP contribution in [-0.2, 0) is 61.4 Å². The van der Waals surface area contributed by atoms with Crippen molar-refractivity contribution in [2.45, 2.75) is 123 Å². The number of ketones is 2. The minimum atomic E-state index is -0.992. The van der Waals surface area contributed by atoms with E-state index in [0.717, 1.165) is 41.0 Å². The quantitative estimate of drug-likeness (QED) is 0.0242. The maximum atomic E-state index is 13.2. The van der Waals surface area contributed by atoms with Crippen LogP contribution >= 0.6 is 69.8 Å². The number of thioether (sulfide) groups is 1. The van der Waals surface area contributed by atoms with Gasteiger partial charge < -0.3 is 78.1 Å². The molecule has 10 aromatic carbocycles. The predicted molar refractivity (Wildman–Crippen MR) is 530 cm³/mol. The molecule has 33 heteroatoms. The number of halogens is 5. The second-order valence-corrected chi connectivity index (χ2v) is 35.4. The van der Waals surface area contributed by atoms with Gasteiger partial charge in [0.2, 0.25) is 0 Å². The van der Waals surface area contributed by atoms with E-state index in [1.54, 1.807) is 119 Å². The van der Waals surface area contributed by atoms with Gasteiger partial charge in [-0.25, -0.2) is 0 Å². The molecule has 27 nitrogen and oxygen atoms in total. The highest BCUT2D eigenvalue weighted by molar-refractivity contribution is 7.99. The second kappa shape index (κ2) is 41.5. The van der Waals surface area contributed by atoms with Gasteiger partial charge in [0.25, 0.3) is 0 Å². The molecule has 0 radical (unpaired) electrons. The molecule has 5 aromatic heterocycles. The molecule has 16 rings (SSSR count). The van der Waals surface area contributed by atoms with Crippen LogP contribution in [0.1, 0.15) is 64.5 Å². The number of carbonyl (C=O) groups is 5. The number of nitrogens with one attached hydrogen (secondary N) is 3. The van der Waals surface area contributed by atoms with Gasteiger partial charge in [-0.2, -0.15) is 5.26 Å². The number of hydrogen-bond donors (Lipinski definition) is 6. The molecule has 1 fully saturated rings. The SMILES string of the molecule is CC(C)Nc1ccc2c(=O)c3ccc(Cl)c(N(C)C)c3n(CC(=O)O)c2c1.CN(C)c1c(Cl)ccc2c(=O)c3ccc(NC4CCC4)cc3n(CC(=O)O)c12.COCC(=O)Cn1c2cc(C)ccc2c(=O)c2ccc(Cl)c(OC)c21.COc1c(Cl)ccc2c(=O)c3ccc(C)cc3n(CC(=O)CC#N)c12.CSc1c(Cl)ccc2c(=O)c3ccc(NC(C)C)cc3n(CC(=O)O)c12. The number of carbonyl (C=O) groups excluding carboxylic acids is 2. The summed E-state index contributed by atoms with van der Waals surface area (Å²) in [6.45, 7) is 11.1. The molecule has 0 bridgehead atoms. The van der Waals surface area contributed by atoms with Crippen molar-refractivity contribution in [1.82, 2.24) is 22.8 Å². The zero-order valence-corrected chi connectivity index (χ0v) is 78.9. The molecule has 0 amide bonds. The first-order valence-electron chi connectivity index (χ1n) is 41.5. The van der Waals surface area contributed by atoms with Gasteiger partial charge in [-0.15, -0.1) is 11.8 Å². The number of ether oxygens (including phenoxy) is 3. The van der Waals surface area contributed by atoms with E-state index in [-0.39, 0.29) is 96.5 Å². The van der Waals surface area contributed by atoms with Gasteiger partial charge in [0, 0.05) is 114 Å². The molecular weight excluding hydrogens is 1800 g/mol. The largest absolute Gasteiger partial charge is 0.493 e. The highest BCUT2D eigenvalue weighted by Crippen LogP contribution is 2.41. The Bertz CT molecular complexity index is 7530. The molecule has 15 aromatic rings. The van der Waals surface area contributed by atoms with Gasteiger partial charge in [-0.05, 0) is 218 Å². The fraction of sp³-hybridized carbons (Fsp3) is 0.276. The van der Waals surface area contributed by atoms with Gasteiger partial charge in [0.05, 0.1) is 147 Å². The number of methoxy groups -OCH3 is 3. The summed E-state index contributed by atoms with van der Waals surface area (Å²) < 4.78 is 24.3. The first kappa shape index (κ1) is 97.2. The Morgan fingerprint density at radius 1 is 0.435 bits per heavy atom. The third-order valence-corrected chi connectivity index (χ3v) is 24.5. The van der Waals surface area contributed by atoms with E-state index >= 15 is 0 Å². The van der Waals surface area contributed by atoms with Crippen molar-refractivity contribution in [2.24, 2.45) is 0 Å². The number of carboxylic acids is 3. The number of rotatable bonds is 24. The van der Waals surface area contributed by atoms with Gasteiger partial charge in [0.1, 0.15) is 26.2 Å². The van der Waals surface area contributed by atoms with E-state index in [1.807, 2.05) is 148 Å². The smallest absolute Gasteiger partial charge is 0.323 e. The van der Waals surface area contributed by atoms with E-state index in [2.05, 4.69) is 16.0 Å². The van der Waals surface area contributed by atoms with Crippen molar-refractivity contribution in [1.29, 1.82) is 5.26 Å². The summed E-state index contributed by atoms with van der Waals surface area (Å²) in [6, 6.07) is 46.6. The molecule has 680 valence electrons. The van der Waals surface area contributed by atoms with Gasteiger partial charge in [-0.3, -0.25) is 47.9 Å². The van der Waals surface area contributed by atoms with Gasteiger partial charge >= 0.3 is 17.9 Å². The van der Waals surface area contributed by atoms with Crippen molar-refractivity contribution in [3.05, 3.63) is 239 Å². The standard InChI is InChI=1S/C21H22ClN3O3.C20H22ClN3O3.C19H19ClN2O3S.C19H15ClN2O3.C19H18ClNO4/c1-24(2)20-16(22)9-8-15-19(20)25(11-18(26)27)17-10-13(23-12-4-3-5-12)6-7-14(17)21(15)28;1-11(2)22-12-5-6-13-16(9-12)24(10-17(25)26)18-14(20(13)27)7-8-15(21)19(18)23(3)4;1-10(2)21-11-4-5-12-15(8-11)22(9-16(23)24)17-13(18(12)25)6-7-14(20)19(17)26-3;1-11-3-4-13-16(9-11)22(10-12(23)7-8-21)17-14(18(13)24)5-6-15(20)19(17)25-2;1-11-4-5-13-16(8-11)21(9-12(22)10-24-2)17-14(18(13)23)6-7-15(20)19(17)25-3/h6-10,12,23H,3-5,11H2,1-2H3,(H,26,27);5-9,11,22H,10H2,1-4H3,(H,25,26);4-8,10,21H,9H2,1-3H3,(H,23,24);3-6,9H,7,10H2,1-2H3;4-8H,9-10H2,1-3H3. The molecule has 1 aliphatic carbocycles. The Morgan fingerprint density at radius 3 is 1.08 bits per heavy atom. The topological polar surface area (TPSA) is 350 Å². The van der Waals surface area contributed by atoms with Crippen molar-refractivity contribution < 1.29 is 53.5 Å². The Kier molecular flexibility index (Phi) is 30.8. The minimum Gasteiger partial charge on any atom is -0.493 e. The predicted octanol–water partition coefficient (Wildman–Crippen LogP) is 19.1. The fourth-order valence-electron chi connectivity index (χ4n) is 16.4. The molecule has 1 saturated carbocycles. The number of Topliss-reactive ketones (excluding diaryl/α,β-unsaturated/α-hetero) is 2. The molecule has 131 heavy (non-hydrogen) atoms. The Hall–Kier alpha value is -12.9. The van der Waals surface area contributed by atoms with E-state index in [4.69, 9.17) is 77.5 Å². The molecular formula is C98H96Cl5N11O16S. The molecule has 0 saturated heterocycles. The van der Waals surface area contributed by atoms with Crippen LogP contribution in [0.3, 0.4) is 0 Å². The molecule has 5 heterocycles. The van der Waals surface area contributed by atoms with Gasteiger partial charge in [0.15, 0.2) is 50.2 Å². The van der Waals surface area contributed by atoms with Crippen LogP contribution < -0.4 is 62.4 Å². The zero-order chi connectivity index (χ0) is 95.2. The average molecular weight is 1890 g/mol. The number of aryl methyl sites for hydroxylation is 2. The molecule has 1 aliphatic rings. The summed E-state index contributed by atoms with van der Waals surface area (Å²) in [4.78, 5) is 129. The van der Waals surface area contributed by atoms with Crippen LogP contribution in [0.25, 0.3) is 109 Å². The third-order valence-electron chi connectivity index (χ3n) is 22.0. The lowest BCUT2D eigenvalue weighted by Crippen LogP contribution is -2.27. The molecule has 0 atom stereocenters. The van der Waals surface area contributed by atoms with Gasteiger partial charge in [-0.1, -0.05) is 70.1 Å². The van der Waals surface area contributed by atoms with Crippen LogP contribution in [0.2, 0.25) is 25.1 Å². The van der Waals surface area contributed by atoms with Crippen molar-refractivity contribution in [3.8, 4) is 17.6 Å². The van der Waals surface area contributed by atoms with E-state index in [9.17, 15) is 63.3 Å². The molecule has 0 spiro atoms. The maximum Gasteiger partial charge on any atom is 0.323 e. The van der Waals surface area contributed by atoms with Crippen molar-refractivity contribution in [3.63, 3.8) is 0 Å². The zero-order valence-electron chi connectivity index (χ0n) is 74.3. The average Bonchev–Trinajstić information content (AvgIpc) is 0.756. The molecule has 0 aliphatic heterocycles. The lowest BCUT2D eigenvalue weighted by Gasteiger charge is -2.28. The van der Waals surface area contributed by atoms with Crippen molar-refractivity contribution in [2.75, 3.05) is 88.1 Å². The van der Waals surface area contributed by atoms with Crippen LogP contribution in [-0.4, -0.2) is 148 Å².